The number of rotatable bonds is 4. The van der Waals surface area contributed by atoms with E-state index in [2.05, 4.69) is 15.3 Å². The SMILES string of the molecule is Cc1nc(CN2C[C@H]3CN(C(=O)Cc4cccc(F)c4F)C[C@@H]3C2)cs1. The fraction of sp³-hybridized carbons (Fsp3) is 0.474. The van der Waals surface area contributed by atoms with Crippen molar-refractivity contribution in [2.24, 2.45) is 11.8 Å². The number of halogens is 2. The van der Waals surface area contributed by atoms with Gasteiger partial charge in [0, 0.05) is 43.7 Å². The maximum atomic E-state index is 13.8. The molecule has 0 unspecified atom stereocenters. The lowest BCUT2D eigenvalue weighted by Crippen LogP contribution is -2.34. The molecule has 0 spiro atoms. The first-order valence-corrected chi connectivity index (χ1v) is 9.71. The predicted octanol–water partition coefficient (Wildman–Crippen LogP) is 2.86. The summed E-state index contributed by atoms with van der Waals surface area (Å²) in [6, 6.07) is 3.99. The lowest BCUT2D eigenvalue weighted by atomic mass is 10.0. The van der Waals surface area contributed by atoms with E-state index >= 15 is 0 Å². The maximum absolute atomic E-state index is 13.8. The van der Waals surface area contributed by atoms with E-state index in [1.165, 1.54) is 12.1 Å². The molecule has 4 nitrogen and oxygen atoms in total. The summed E-state index contributed by atoms with van der Waals surface area (Å²) in [7, 11) is 0. The van der Waals surface area contributed by atoms with Crippen LogP contribution in [0.3, 0.4) is 0 Å². The summed E-state index contributed by atoms with van der Waals surface area (Å²) in [5.41, 5.74) is 1.24. The third-order valence-electron chi connectivity index (χ3n) is 5.34. The summed E-state index contributed by atoms with van der Waals surface area (Å²) >= 11 is 1.67. The van der Waals surface area contributed by atoms with Gasteiger partial charge in [-0.3, -0.25) is 9.69 Å². The Bertz CT molecular complexity index is 811. The Kier molecular flexibility index (Phi) is 4.75. The van der Waals surface area contributed by atoms with Crippen molar-refractivity contribution in [2.45, 2.75) is 19.9 Å². The number of nitrogens with zero attached hydrogens (tertiary/aromatic N) is 3. The number of aryl methyl sites for hydroxylation is 1. The molecule has 0 saturated carbocycles. The van der Waals surface area contributed by atoms with Crippen molar-refractivity contribution in [3.63, 3.8) is 0 Å². The highest BCUT2D eigenvalue weighted by molar-refractivity contribution is 7.09. The first-order chi connectivity index (χ1) is 12.5. The summed E-state index contributed by atoms with van der Waals surface area (Å²) in [5, 5.41) is 3.19. The highest BCUT2D eigenvalue weighted by atomic mass is 32.1. The maximum Gasteiger partial charge on any atom is 0.227 e. The second-order valence-corrected chi connectivity index (χ2v) is 8.32. The normalized spacial score (nSPS) is 22.8. The Balaban J connectivity index is 1.32. The van der Waals surface area contributed by atoms with Crippen LogP contribution >= 0.6 is 11.3 Å². The molecule has 26 heavy (non-hydrogen) atoms. The number of aromatic nitrogens is 1. The van der Waals surface area contributed by atoms with Gasteiger partial charge in [0.25, 0.3) is 0 Å². The van der Waals surface area contributed by atoms with E-state index in [1.54, 1.807) is 11.3 Å². The predicted molar refractivity (Wildman–Crippen MR) is 95.8 cm³/mol. The van der Waals surface area contributed by atoms with E-state index in [9.17, 15) is 13.6 Å². The molecular weight excluding hydrogens is 356 g/mol. The fourth-order valence-electron chi connectivity index (χ4n) is 4.09. The van der Waals surface area contributed by atoms with Gasteiger partial charge >= 0.3 is 0 Å². The number of fused-ring (bicyclic) bond motifs is 1. The first kappa shape index (κ1) is 17.5. The smallest absolute Gasteiger partial charge is 0.227 e. The monoisotopic (exact) mass is 377 g/mol. The topological polar surface area (TPSA) is 36.4 Å². The van der Waals surface area contributed by atoms with Gasteiger partial charge < -0.3 is 4.90 Å². The Morgan fingerprint density at radius 3 is 2.62 bits per heavy atom. The first-order valence-electron chi connectivity index (χ1n) is 8.83. The molecule has 2 aliphatic rings. The van der Waals surface area contributed by atoms with Crippen LogP contribution in [0, 0.1) is 30.4 Å². The summed E-state index contributed by atoms with van der Waals surface area (Å²) in [6.07, 6.45) is -0.0785. The largest absolute Gasteiger partial charge is 0.342 e. The van der Waals surface area contributed by atoms with Gasteiger partial charge in [0.1, 0.15) is 0 Å². The van der Waals surface area contributed by atoms with Crippen LogP contribution in [0.4, 0.5) is 8.78 Å². The van der Waals surface area contributed by atoms with Gasteiger partial charge in [-0.15, -0.1) is 11.3 Å². The van der Waals surface area contributed by atoms with Crippen LogP contribution < -0.4 is 0 Å². The molecule has 7 heteroatoms. The van der Waals surface area contributed by atoms with Gasteiger partial charge in [-0.25, -0.2) is 13.8 Å². The van der Waals surface area contributed by atoms with Gasteiger partial charge in [-0.05, 0) is 24.8 Å². The minimum Gasteiger partial charge on any atom is -0.342 e. The molecule has 2 aliphatic heterocycles. The van der Waals surface area contributed by atoms with Crippen LogP contribution in [0.5, 0.6) is 0 Å². The molecule has 138 valence electrons. The molecule has 1 aromatic heterocycles. The van der Waals surface area contributed by atoms with Crippen molar-refractivity contribution in [1.82, 2.24) is 14.8 Å². The zero-order valence-corrected chi connectivity index (χ0v) is 15.4. The van der Waals surface area contributed by atoms with Crippen LogP contribution in [0.25, 0.3) is 0 Å². The Labute approximate surface area is 155 Å². The second kappa shape index (κ2) is 7.04. The highest BCUT2D eigenvalue weighted by Gasteiger charge is 2.41. The fourth-order valence-corrected chi connectivity index (χ4v) is 4.70. The number of amides is 1. The average Bonchev–Trinajstić information content (AvgIpc) is 3.27. The Morgan fingerprint density at radius 1 is 1.23 bits per heavy atom. The van der Waals surface area contributed by atoms with Crippen LogP contribution in [0.15, 0.2) is 23.6 Å². The van der Waals surface area contributed by atoms with Crippen molar-refractivity contribution in [3.05, 3.63) is 51.5 Å². The van der Waals surface area contributed by atoms with Gasteiger partial charge in [0.15, 0.2) is 11.6 Å². The van der Waals surface area contributed by atoms with E-state index in [4.69, 9.17) is 0 Å². The van der Waals surface area contributed by atoms with Gasteiger partial charge in [-0.1, -0.05) is 12.1 Å². The Morgan fingerprint density at radius 2 is 1.96 bits per heavy atom. The number of carbonyl (C=O) groups excluding carboxylic acids is 1. The van der Waals surface area contributed by atoms with Crippen LogP contribution in [-0.2, 0) is 17.8 Å². The number of likely N-dealkylation sites (tertiary alicyclic amines) is 2. The summed E-state index contributed by atoms with van der Waals surface area (Å²) in [6.45, 7) is 6.19. The van der Waals surface area contributed by atoms with Crippen molar-refractivity contribution < 1.29 is 13.6 Å². The standard InChI is InChI=1S/C19H21F2N3OS/c1-12-22-16(11-26-12)10-23-6-14-8-24(9-15(14)7-23)18(25)5-13-3-2-4-17(20)19(13)21/h2-4,11,14-15H,5-10H2,1H3/t14-,15-/m0/s1. The lowest BCUT2D eigenvalue weighted by Gasteiger charge is -2.21. The lowest BCUT2D eigenvalue weighted by molar-refractivity contribution is -0.129. The number of hydrogen-bond acceptors (Lipinski definition) is 4. The quantitative estimate of drug-likeness (QED) is 0.822. The number of carbonyl (C=O) groups is 1. The minimum atomic E-state index is -0.912. The molecule has 1 aromatic carbocycles. The van der Waals surface area contributed by atoms with Crippen molar-refractivity contribution in [2.75, 3.05) is 26.2 Å². The van der Waals surface area contributed by atoms with Crippen LogP contribution in [0.1, 0.15) is 16.3 Å². The molecule has 0 radical (unpaired) electrons. The van der Waals surface area contributed by atoms with Crippen LogP contribution in [0.2, 0.25) is 0 Å². The molecule has 2 fully saturated rings. The summed E-state index contributed by atoms with van der Waals surface area (Å²) < 4.78 is 27.1. The molecule has 2 saturated heterocycles. The number of hydrogen-bond donors (Lipinski definition) is 0. The molecule has 2 aromatic rings. The van der Waals surface area contributed by atoms with Crippen LogP contribution in [-0.4, -0.2) is 46.9 Å². The highest BCUT2D eigenvalue weighted by Crippen LogP contribution is 2.32. The second-order valence-electron chi connectivity index (χ2n) is 7.26. The summed E-state index contributed by atoms with van der Waals surface area (Å²) in [4.78, 5) is 21.2. The summed E-state index contributed by atoms with van der Waals surface area (Å²) in [5.74, 6) is -1.02. The molecule has 0 bridgehead atoms. The van der Waals surface area contributed by atoms with E-state index in [1.807, 2.05) is 11.8 Å². The third-order valence-corrected chi connectivity index (χ3v) is 6.16. The van der Waals surface area contributed by atoms with Gasteiger partial charge in [-0.2, -0.15) is 0 Å². The molecule has 2 atom stereocenters. The molecular formula is C19H21F2N3OS. The van der Waals surface area contributed by atoms with Crippen molar-refractivity contribution in [1.29, 1.82) is 0 Å². The van der Waals surface area contributed by atoms with Crippen molar-refractivity contribution in [3.8, 4) is 0 Å². The molecule has 4 rings (SSSR count). The van der Waals surface area contributed by atoms with E-state index < -0.39 is 11.6 Å². The van der Waals surface area contributed by atoms with E-state index in [0.717, 1.165) is 36.4 Å². The Hall–Kier alpha value is -1.86. The minimum absolute atomic E-state index is 0.0785. The van der Waals surface area contributed by atoms with E-state index in [-0.39, 0.29) is 17.9 Å². The average molecular weight is 377 g/mol. The zero-order valence-electron chi connectivity index (χ0n) is 14.6. The zero-order chi connectivity index (χ0) is 18.3. The molecule has 0 N–H and O–H groups in total. The van der Waals surface area contributed by atoms with Gasteiger partial charge in [0.05, 0.1) is 17.1 Å². The third kappa shape index (κ3) is 3.50. The number of thiazole rings is 1. The van der Waals surface area contributed by atoms with Crippen molar-refractivity contribution >= 4 is 17.2 Å². The molecule has 3 heterocycles. The molecule has 1 amide bonds. The number of benzene rings is 1. The van der Waals surface area contributed by atoms with Gasteiger partial charge in [0.2, 0.25) is 5.91 Å². The van der Waals surface area contributed by atoms with E-state index in [0.29, 0.717) is 24.9 Å². The molecule has 0 aliphatic carbocycles.